The van der Waals surface area contributed by atoms with E-state index in [-0.39, 0.29) is 18.1 Å². The third-order valence-corrected chi connectivity index (χ3v) is 5.21. The van der Waals surface area contributed by atoms with Crippen LogP contribution >= 0.6 is 11.3 Å². The number of aryl methyl sites for hydroxylation is 2. The van der Waals surface area contributed by atoms with E-state index in [0.717, 1.165) is 15.9 Å². The second-order valence-electron chi connectivity index (χ2n) is 5.68. The van der Waals surface area contributed by atoms with Crippen molar-refractivity contribution in [3.8, 4) is 0 Å². The van der Waals surface area contributed by atoms with Crippen LogP contribution in [0, 0.1) is 6.92 Å². The molecule has 7 heteroatoms. The average molecular weight is 308 g/mol. The van der Waals surface area contributed by atoms with Gasteiger partial charge < -0.3 is 15.4 Å². The predicted octanol–water partition coefficient (Wildman–Crippen LogP) is 1.77. The highest BCUT2D eigenvalue weighted by molar-refractivity contribution is 7.21. The van der Waals surface area contributed by atoms with Crippen molar-refractivity contribution in [2.75, 3.05) is 18.9 Å². The number of anilines is 1. The Morgan fingerprint density at radius 2 is 2.19 bits per heavy atom. The van der Waals surface area contributed by atoms with Crippen molar-refractivity contribution in [1.82, 2.24) is 14.7 Å². The molecular formula is C14H20N4O2S. The number of ether oxygens (including phenoxy) is 1. The number of hydrogen-bond donors (Lipinski definition) is 1. The summed E-state index contributed by atoms with van der Waals surface area (Å²) in [5, 5.41) is 5.26. The zero-order valence-corrected chi connectivity index (χ0v) is 13.5. The summed E-state index contributed by atoms with van der Waals surface area (Å²) in [7, 11) is 1.87. The summed E-state index contributed by atoms with van der Waals surface area (Å²) in [5.41, 5.74) is 7.64. The van der Waals surface area contributed by atoms with Gasteiger partial charge in [-0.25, -0.2) is 0 Å². The Morgan fingerprint density at radius 3 is 2.86 bits per heavy atom. The smallest absolute Gasteiger partial charge is 0.266 e. The van der Waals surface area contributed by atoms with Crippen LogP contribution in [0.4, 0.5) is 5.69 Å². The summed E-state index contributed by atoms with van der Waals surface area (Å²) >= 11 is 1.42. The third-order valence-electron chi connectivity index (χ3n) is 3.95. The summed E-state index contributed by atoms with van der Waals surface area (Å²) in [4.78, 5) is 16.3. The summed E-state index contributed by atoms with van der Waals surface area (Å²) in [6.45, 7) is 7.07. The molecule has 114 valence electrons. The van der Waals surface area contributed by atoms with E-state index in [2.05, 4.69) is 5.10 Å². The molecule has 1 aliphatic heterocycles. The maximum atomic E-state index is 12.8. The molecule has 3 rings (SSSR count). The van der Waals surface area contributed by atoms with Gasteiger partial charge >= 0.3 is 0 Å². The van der Waals surface area contributed by atoms with Crippen LogP contribution in [0.15, 0.2) is 0 Å². The Bertz CT molecular complexity index is 705. The average Bonchev–Trinajstić information content (AvgIpc) is 2.91. The minimum atomic E-state index is -0.00394. The van der Waals surface area contributed by atoms with Crippen LogP contribution in [0.5, 0.6) is 0 Å². The Balaban J connectivity index is 2.01. The lowest BCUT2D eigenvalue weighted by atomic mass is 10.2. The first kappa shape index (κ1) is 14.3. The van der Waals surface area contributed by atoms with E-state index in [1.165, 1.54) is 11.3 Å². The molecule has 1 saturated heterocycles. The molecule has 2 unspecified atom stereocenters. The molecule has 1 amide bonds. The van der Waals surface area contributed by atoms with Crippen LogP contribution in [-0.2, 0) is 11.8 Å². The number of aromatic nitrogens is 2. The minimum Gasteiger partial charge on any atom is -0.397 e. The lowest BCUT2D eigenvalue weighted by Gasteiger charge is -2.36. The normalized spacial score (nSPS) is 23.0. The van der Waals surface area contributed by atoms with Crippen LogP contribution in [0.3, 0.4) is 0 Å². The van der Waals surface area contributed by atoms with Crippen molar-refractivity contribution in [3.63, 3.8) is 0 Å². The topological polar surface area (TPSA) is 73.4 Å². The Kier molecular flexibility index (Phi) is 3.41. The molecule has 0 saturated carbocycles. The summed E-state index contributed by atoms with van der Waals surface area (Å²) in [6, 6.07) is 0.0672. The first-order chi connectivity index (χ1) is 9.90. The zero-order chi connectivity index (χ0) is 15.3. The fourth-order valence-electron chi connectivity index (χ4n) is 2.80. The molecule has 0 spiro atoms. The highest BCUT2D eigenvalue weighted by Gasteiger charge is 2.31. The monoisotopic (exact) mass is 308 g/mol. The highest BCUT2D eigenvalue weighted by atomic mass is 32.1. The largest absolute Gasteiger partial charge is 0.397 e. The molecule has 3 heterocycles. The predicted molar refractivity (Wildman–Crippen MR) is 83.7 cm³/mol. The molecule has 0 aromatic carbocycles. The second kappa shape index (κ2) is 4.99. The van der Waals surface area contributed by atoms with Gasteiger partial charge in [0, 0.05) is 13.6 Å². The number of fused-ring (bicyclic) bond motifs is 1. The fourth-order valence-corrected chi connectivity index (χ4v) is 3.95. The van der Waals surface area contributed by atoms with E-state index in [0.29, 0.717) is 23.7 Å². The maximum Gasteiger partial charge on any atom is 0.266 e. The van der Waals surface area contributed by atoms with Crippen molar-refractivity contribution in [3.05, 3.63) is 10.6 Å². The van der Waals surface area contributed by atoms with E-state index in [1.807, 2.05) is 32.7 Å². The van der Waals surface area contributed by atoms with E-state index >= 15 is 0 Å². The molecule has 2 N–H and O–H groups in total. The zero-order valence-electron chi connectivity index (χ0n) is 12.7. The molecule has 0 aliphatic carbocycles. The molecule has 2 atom stereocenters. The highest BCUT2D eigenvalue weighted by Crippen LogP contribution is 2.36. The van der Waals surface area contributed by atoms with Crippen LogP contribution in [0.25, 0.3) is 10.2 Å². The second-order valence-corrected chi connectivity index (χ2v) is 6.68. The summed E-state index contributed by atoms with van der Waals surface area (Å²) in [5.74, 6) is -0.00394. The molecule has 2 aromatic rings. The number of nitrogen functional groups attached to an aromatic ring is 1. The first-order valence-electron chi connectivity index (χ1n) is 7.04. The molecule has 0 radical (unpaired) electrons. The molecular weight excluding hydrogens is 288 g/mol. The maximum absolute atomic E-state index is 12.8. The standard InChI is InChI=1S/C14H20N4O2S/c1-7-6-20-8(2)5-18(7)13(19)12-11(15)10-9(3)16-17(4)14(10)21-12/h7-8H,5-6,15H2,1-4H3. The van der Waals surface area contributed by atoms with Gasteiger partial charge in [0.2, 0.25) is 0 Å². The van der Waals surface area contributed by atoms with E-state index in [9.17, 15) is 4.79 Å². The van der Waals surface area contributed by atoms with Crippen molar-refractivity contribution >= 4 is 33.1 Å². The Labute approximate surface area is 127 Å². The lowest BCUT2D eigenvalue weighted by Crippen LogP contribution is -2.50. The van der Waals surface area contributed by atoms with Crippen molar-refractivity contribution in [1.29, 1.82) is 0 Å². The van der Waals surface area contributed by atoms with E-state index in [4.69, 9.17) is 10.5 Å². The Morgan fingerprint density at radius 1 is 1.48 bits per heavy atom. The molecule has 1 fully saturated rings. The van der Waals surface area contributed by atoms with Crippen molar-refractivity contribution < 1.29 is 9.53 Å². The number of rotatable bonds is 1. The van der Waals surface area contributed by atoms with Gasteiger partial charge in [-0.2, -0.15) is 5.10 Å². The first-order valence-corrected chi connectivity index (χ1v) is 7.86. The summed E-state index contributed by atoms with van der Waals surface area (Å²) in [6.07, 6.45) is 0.0594. The van der Waals surface area contributed by atoms with Crippen LogP contribution < -0.4 is 5.73 Å². The molecule has 2 aromatic heterocycles. The molecule has 1 aliphatic rings. The number of nitrogens with two attached hydrogens (primary N) is 1. The van der Waals surface area contributed by atoms with Crippen molar-refractivity contribution in [2.24, 2.45) is 7.05 Å². The number of morpholine rings is 1. The van der Waals surface area contributed by atoms with Gasteiger partial charge in [0.05, 0.1) is 35.5 Å². The SMILES string of the molecule is Cc1nn(C)c2sc(C(=O)N3CC(C)OCC3C)c(N)c12. The van der Waals surface area contributed by atoms with Crippen LogP contribution in [0.1, 0.15) is 29.2 Å². The number of carbonyl (C=O) groups is 1. The van der Waals surface area contributed by atoms with E-state index in [1.54, 1.807) is 4.68 Å². The van der Waals surface area contributed by atoms with Crippen LogP contribution in [0.2, 0.25) is 0 Å². The Hall–Kier alpha value is -1.60. The van der Waals surface area contributed by atoms with Gasteiger partial charge in [0.25, 0.3) is 5.91 Å². The van der Waals surface area contributed by atoms with Gasteiger partial charge in [-0.15, -0.1) is 11.3 Å². The number of hydrogen-bond acceptors (Lipinski definition) is 5. The number of carbonyl (C=O) groups excluding carboxylic acids is 1. The molecule has 21 heavy (non-hydrogen) atoms. The van der Waals surface area contributed by atoms with Crippen LogP contribution in [-0.4, -0.2) is 45.9 Å². The van der Waals surface area contributed by atoms with Gasteiger partial charge in [-0.3, -0.25) is 9.48 Å². The molecule has 0 bridgehead atoms. The lowest BCUT2D eigenvalue weighted by molar-refractivity contribution is -0.0385. The number of thiophene rings is 1. The number of amides is 1. The van der Waals surface area contributed by atoms with Gasteiger partial charge in [0.1, 0.15) is 9.71 Å². The van der Waals surface area contributed by atoms with Gasteiger partial charge in [-0.05, 0) is 20.8 Å². The fraction of sp³-hybridized carbons (Fsp3) is 0.571. The van der Waals surface area contributed by atoms with Gasteiger partial charge in [-0.1, -0.05) is 0 Å². The summed E-state index contributed by atoms with van der Waals surface area (Å²) < 4.78 is 7.37. The number of nitrogens with zero attached hydrogens (tertiary/aromatic N) is 3. The molecule has 6 nitrogen and oxygen atoms in total. The quantitative estimate of drug-likeness (QED) is 0.871. The third kappa shape index (κ3) is 2.20. The van der Waals surface area contributed by atoms with Crippen molar-refractivity contribution in [2.45, 2.75) is 32.9 Å². The minimum absolute atomic E-state index is 0.00394. The van der Waals surface area contributed by atoms with Gasteiger partial charge in [0.15, 0.2) is 0 Å². The van der Waals surface area contributed by atoms with E-state index < -0.39 is 0 Å².